The third kappa shape index (κ3) is 1.43. The molecule has 0 unspecified atom stereocenters. The molecule has 0 fully saturated rings. The van der Waals surface area contributed by atoms with Crippen LogP contribution in [0, 0.1) is 11.3 Å². The van der Waals surface area contributed by atoms with Crippen LogP contribution in [0.5, 0.6) is 0 Å². The van der Waals surface area contributed by atoms with Gasteiger partial charge in [-0.15, -0.1) is 0 Å². The molecule has 0 aliphatic heterocycles. The monoisotopic (exact) mass is 119 g/mol. The molecule has 0 atom stereocenters. The number of nitrogens with zero attached hydrogens (tertiary/aromatic N) is 1. The van der Waals surface area contributed by atoms with Gasteiger partial charge >= 0.3 is 0 Å². The highest BCUT2D eigenvalue weighted by Crippen LogP contribution is 2.15. The van der Waals surface area contributed by atoms with Crippen molar-refractivity contribution in [3.8, 4) is 6.07 Å². The lowest BCUT2D eigenvalue weighted by Crippen LogP contribution is -1.85. The van der Waals surface area contributed by atoms with E-state index >= 15 is 0 Å². The van der Waals surface area contributed by atoms with E-state index in [1.54, 1.807) is 0 Å². The quantitative estimate of drug-likeness (QED) is 0.479. The molecule has 1 aliphatic rings. The Morgan fingerprint density at radius 3 is 2.89 bits per heavy atom. The lowest BCUT2D eigenvalue weighted by molar-refractivity contribution is 0.953. The second-order valence-electron chi connectivity index (χ2n) is 2.30. The summed E-state index contributed by atoms with van der Waals surface area (Å²) in [7, 11) is 0. The molecule has 0 aromatic rings. The molecule has 0 bridgehead atoms. The first-order chi connectivity index (χ1) is 4.33. The first-order valence-electron chi connectivity index (χ1n) is 3.10. The van der Waals surface area contributed by atoms with Crippen molar-refractivity contribution in [2.75, 3.05) is 0 Å². The summed E-state index contributed by atoms with van der Waals surface area (Å²) >= 11 is 0. The predicted molar refractivity (Wildman–Crippen MR) is 36.7 cm³/mol. The van der Waals surface area contributed by atoms with Gasteiger partial charge in [-0.2, -0.15) is 5.26 Å². The SMILES string of the molecule is CC1=CC(C#N)=CCC1. The zero-order chi connectivity index (χ0) is 6.69. The maximum absolute atomic E-state index is 8.45. The van der Waals surface area contributed by atoms with Gasteiger partial charge in [0, 0.05) is 5.57 Å². The van der Waals surface area contributed by atoms with Crippen molar-refractivity contribution in [1.82, 2.24) is 0 Å². The van der Waals surface area contributed by atoms with Crippen molar-refractivity contribution >= 4 is 0 Å². The van der Waals surface area contributed by atoms with Crippen molar-refractivity contribution in [3.05, 3.63) is 23.3 Å². The molecule has 46 valence electrons. The zero-order valence-electron chi connectivity index (χ0n) is 5.52. The predicted octanol–water partition coefficient (Wildman–Crippen LogP) is 2.18. The minimum Gasteiger partial charge on any atom is -0.192 e. The van der Waals surface area contributed by atoms with Crippen LogP contribution in [0.25, 0.3) is 0 Å². The molecule has 9 heavy (non-hydrogen) atoms. The Morgan fingerprint density at radius 1 is 1.67 bits per heavy atom. The second-order valence-corrected chi connectivity index (χ2v) is 2.30. The molecule has 0 heterocycles. The molecular weight excluding hydrogens is 110 g/mol. The number of rotatable bonds is 0. The Labute approximate surface area is 55.3 Å². The number of allylic oxidation sites excluding steroid dienone is 4. The smallest absolute Gasteiger partial charge is 0.0988 e. The van der Waals surface area contributed by atoms with Gasteiger partial charge in [-0.25, -0.2) is 0 Å². The van der Waals surface area contributed by atoms with E-state index in [9.17, 15) is 0 Å². The van der Waals surface area contributed by atoms with Crippen LogP contribution in [-0.4, -0.2) is 0 Å². The Balaban J connectivity index is 2.78. The minimum atomic E-state index is 0.818. The minimum absolute atomic E-state index is 0.818. The van der Waals surface area contributed by atoms with Gasteiger partial charge in [0.25, 0.3) is 0 Å². The highest BCUT2D eigenvalue weighted by Gasteiger charge is 1.98. The molecular formula is C8H9N. The number of hydrogen-bond donors (Lipinski definition) is 0. The number of nitriles is 1. The lowest BCUT2D eigenvalue weighted by Gasteiger charge is -2.02. The average Bonchev–Trinajstić information content (AvgIpc) is 1.88. The summed E-state index contributed by atoms with van der Waals surface area (Å²) < 4.78 is 0. The van der Waals surface area contributed by atoms with Crippen LogP contribution in [0.4, 0.5) is 0 Å². The van der Waals surface area contributed by atoms with Crippen LogP contribution in [0.3, 0.4) is 0 Å². The molecule has 1 nitrogen and oxygen atoms in total. The number of hydrogen-bond acceptors (Lipinski definition) is 1. The fourth-order valence-electron chi connectivity index (χ4n) is 0.930. The summed E-state index contributed by atoms with van der Waals surface area (Å²) in [5.74, 6) is 0. The van der Waals surface area contributed by atoms with Gasteiger partial charge in [0.05, 0.1) is 6.07 Å². The van der Waals surface area contributed by atoms with Gasteiger partial charge in [0.1, 0.15) is 0 Å². The first kappa shape index (κ1) is 6.10. The Kier molecular flexibility index (Phi) is 1.69. The van der Waals surface area contributed by atoms with E-state index in [1.165, 1.54) is 5.57 Å². The third-order valence-corrected chi connectivity index (χ3v) is 1.43. The molecule has 0 saturated carbocycles. The summed E-state index contributed by atoms with van der Waals surface area (Å²) in [5, 5.41) is 8.45. The van der Waals surface area contributed by atoms with Gasteiger partial charge in [-0.3, -0.25) is 0 Å². The van der Waals surface area contributed by atoms with Crippen LogP contribution in [-0.2, 0) is 0 Å². The molecule has 1 heteroatoms. The van der Waals surface area contributed by atoms with E-state index in [0.29, 0.717) is 0 Å². The fraction of sp³-hybridized carbons (Fsp3) is 0.375. The third-order valence-electron chi connectivity index (χ3n) is 1.43. The van der Waals surface area contributed by atoms with Crippen molar-refractivity contribution in [3.63, 3.8) is 0 Å². The van der Waals surface area contributed by atoms with Crippen molar-refractivity contribution < 1.29 is 0 Å². The standard InChI is InChI=1S/C8H9N/c1-7-3-2-4-8(5-7)6-9/h4-5H,2-3H2,1H3. The van der Waals surface area contributed by atoms with Crippen LogP contribution in [0.2, 0.25) is 0 Å². The largest absolute Gasteiger partial charge is 0.192 e. The van der Waals surface area contributed by atoms with E-state index in [1.807, 2.05) is 12.2 Å². The van der Waals surface area contributed by atoms with E-state index in [0.717, 1.165) is 18.4 Å². The van der Waals surface area contributed by atoms with Gasteiger partial charge < -0.3 is 0 Å². The molecule has 0 amide bonds. The van der Waals surface area contributed by atoms with Crippen LogP contribution in [0.15, 0.2) is 23.3 Å². The van der Waals surface area contributed by atoms with Gasteiger partial charge in [0.2, 0.25) is 0 Å². The highest BCUT2D eigenvalue weighted by atomic mass is 14.2. The van der Waals surface area contributed by atoms with E-state index < -0.39 is 0 Å². The summed E-state index contributed by atoms with van der Waals surface area (Å²) in [6.45, 7) is 2.06. The molecule has 0 aromatic heterocycles. The van der Waals surface area contributed by atoms with Crippen LogP contribution >= 0.6 is 0 Å². The Bertz CT molecular complexity index is 203. The zero-order valence-corrected chi connectivity index (χ0v) is 5.52. The highest BCUT2D eigenvalue weighted by molar-refractivity contribution is 5.37. The molecule has 0 aromatic carbocycles. The van der Waals surface area contributed by atoms with Crippen LogP contribution < -0.4 is 0 Å². The maximum atomic E-state index is 8.45. The summed E-state index contributed by atoms with van der Waals surface area (Å²) in [6, 6.07) is 2.12. The topological polar surface area (TPSA) is 23.8 Å². The van der Waals surface area contributed by atoms with Crippen molar-refractivity contribution in [2.45, 2.75) is 19.8 Å². The summed E-state index contributed by atoms with van der Waals surface area (Å²) in [5.41, 5.74) is 2.13. The molecule has 0 N–H and O–H groups in total. The maximum Gasteiger partial charge on any atom is 0.0988 e. The fourth-order valence-corrected chi connectivity index (χ4v) is 0.930. The normalized spacial score (nSPS) is 17.8. The van der Waals surface area contributed by atoms with Gasteiger partial charge in [-0.05, 0) is 25.8 Å². The van der Waals surface area contributed by atoms with E-state index in [-0.39, 0.29) is 0 Å². The Hall–Kier alpha value is -1.03. The van der Waals surface area contributed by atoms with Crippen molar-refractivity contribution in [1.29, 1.82) is 5.26 Å². The average molecular weight is 119 g/mol. The lowest BCUT2D eigenvalue weighted by atomic mass is 10.0. The van der Waals surface area contributed by atoms with Crippen molar-refractivity contribution in [2.24, 2.45) is 0 Å². The Morgan fingerprint density at radius 2 is 2.44 bits per heavy atom. The first-order valence-corrected chi connectivity index (χ1v) is 3.10. The van der Waals surface area contributed by atoms with E-state index in [4.69, 9.17) is 5.26 Å². The summed E-state index contributed by atoms with van der Waals surface area (Å²) in [6.07, 6.45) is 6.08. The van der Waals surface area contributed by atoms with Gasteiger partial charge in [0.15, 0.2) is 0 Å². The molecule has 1 rings (SSSR count). The molecule has 0 saturated heterocycles. The molecule has 1 aliphatic carbocycles. The van der Waals surface area contributed by atoms with E-state index in [2.05, 4.69) is 13.0 Å². The molecule has 0 radical (unpaired) electrons. The second kappa shape index (κ2) is 2.50. The van der Waals surface area contributed by atoms with Crippen LogP contribution in [0.1, 0.15) is 19.8 Å². The van der Waals surface area contributed by atoms with Gasteiger partial charge in [-0.1, -0.05) is 11.6 Å². The molecule has 0 spiro atoms. The summed E-state index contributed by atoms with van der Waals surface area (Å²) in [4.78, 5) is 0.